The minimum absolute atomic E-state index is 0.0286. The SMILES string of the molecule is COc1cc(-c2cccc(-c3cccc(NC(=O)c4cccn(CCO)c4=O)c3C)c2C)cc(F)c1CN1CC(C(=O)O)C1. The molecule has 2 heterocycles. The van der Waals surface area contributed by atoms with Gasteiger partial charge in [0.05, 0.1) is 19.6 Å². The van der Waals surface area contributed by atoms with Crippen LogP contribution in [0.2, 0.25) is 0 Å². The number of rotatable bonds is 10. The summed E-state index contributed by atoms with van der Waals surface area (Å²) < 4.78 is 22.3. The second-order valence-electron chi connectivity index (χ2n) is 10.9. The van der Waals surface area contributed by atoms with Crippen molar-refractivity contribution in [3.63, 3.8) is 0 Å². The number of halogens is 1. The maximum Gasteiger partial charge on any atom is 0.309 e. The number of carbonyl (C=O) groups excluding carboxylic acids is 1. The van der Waals surface area contributed by atoms with Gasteiger partial charge < -0.3 is 24.8 Å². The molecule has 228 valence electrons. The van der Waals surface area contributed by atoms with E-state index < -0.39 is 29.2 Å². The van der Waals surface area contributed by atoms with Crippen molar-refractivity contribution in [2.45, 2.75) is 26.9 Å². The van der Waals surface area contributed by atoms with Gasteiger partial charge in [-0.15, -0.1) is 0 Å². The van der Waals surface area contributed by atoms with Gasteiger partial charge in [-0.3, -0.25) is 19.3 Å². The molecule has 1 aromatic heterocycles. The Morgan fingerprint density at radius 3 is 2.36 bits per heavy atom. The van der Waals surface area contributed by atoms with Crippen molar-refractivity contribution in [1.82, 2.24) is 9.47 Å². The average Bonchev–Trinajstić information content (AvgIpc) is 2.97. The van der Waals surface area contributed by atoms with Crippen LogP contribution in [0, 0.1) is 25.6 Å². The summed E-state index contributed by atoms with van der Waals surface area (Å²) in [5, 5.41) is 21.2. The summed E-state index contributed by atoms with van der Waals surface area (Å²) in [6.45, 7) is 4.70. The molecular formula is C34H34FN3O6. The third-order valence-electron chi connectivity index (χ3n) is 8.19. The number of methoxy groups -OCH3 is 1. The largest absolute Gasteiger partial charge is 0.496 e. The predicted molar refractivity (Wildman–Crippen MR) is 165 cm³/mol. The maximum atomic E-state index is 15.5. The molecule has 0 saturated carbocycles. The third kappa shape index (κ3) is 5.99. The Morgan fingerprint density at radius 2 is 1.68 bits per heavy atom. The van der Waals surface area contributed by atoms with Gasteiger partial charge in [-0.1, -0.05) is 30.3 Å². The van der Waals surface area contributed by atoms with Crippen LogP contribution in [0.1, 0.15) is 27.0 Å². The van der Waals surface area contributed by atoms with Crippen LogP contribution in [-0.2, 0) is 17.9 Å². The van der Waals surface area contributed by atoms with Gasteiger partial charge in [0.25, 0.3) is 11.5 Å². The molecule has 0 atom stereocenters. The van der Waals surface area contributed by atoms with Crippen molar-refractivity contribution in [2.24, 2.45) is 5.92 Å². The zero-order valence-corrected chi connectivity index (χ0v) is 24.8. The van der Waals surface area contributed by atoms with Crippen LogP contribution >= 0.6 is 0 Å². The topological polar surface area (TPSA) is 121 Å². The number of aliphatic carboxylic acids is 1. The van der Waals surface area contributed by atoms with Crippen LogP contribution < -0.4 is 15.6 Å². The van der Waals surface area contributed by atoms with E-state index in [4.69, 9.17) is 9.84 Å². The van der Waals surface area contributed by atoms with Crippen molar-refractivity contribution >= 4 is 17.6 Å². The van der Waals surface area contributed by atoms with Gasteiger partial charge >= 0.3 is 5.97 Å². The van der Waals surface area contributed by atoms with E-state index >= 15 is 4.39 Å². The number of carbonyl (C=O) groups is 2. The number of carboxylic acids is 1. The molecular weight excluding hydrogens is 565 g/mol. The van der Waals surface area contributed by atoms with E-state index in [-0.39, 0.29) is 25.3 Å². The highest BCUT2D eigenvalue weighted by molar-refractivity contribution is 6.05. The molecule has 10 heteroatoms. The lowest BCUT2D eigenvalue weighted by atomic mass is 9.90. The van der Waals surface area contributed by atoms with E-state index in [1.54, 1.807) is 18.2 Å². The van der Waals surface area contributed by atoms with E-state index in [9.17, 15) is 19.5 Å². The van der Waals surface area contributed by atoms with Crippen molar-refractivity contribution in [1.29, 1.82) is 0 Å². The third-order valence-corrected chi connectivity index (χ3v) is 8.19. The van der Waals surface area contributed by atoms with Crippen LogP contribution in [0.15, 0.2) is 71.7 Å². The second kappa shape index (κ2) is 12.8. The fraction of sp³-hybridized carbons (Fsp3) is 0.265. The minimum atomic E-state index is -0.845. The van der Waals surface area contributed by atoms with Gasteiger partial charge in [0.15, 0.2) is 0 Å². The summed E-state index contributed by atoms with van der Waals surface area (Å²) in [5.41, 5.74) is 5.31. The van der Waals surface area contributed by atoms with E-state index in [1.807, 2.05) is 49.1 Å². The number of likely N-dealkylation sites (tertiary alicyclic amines) is 1. The zero-order valence-electron chi connectivity index (χ0n) is 24.8. The van der Waals surface area contributed by atoms with Crippen LogP contribution in [-0.4, -0.2) is 58.4 Å². The lowest BCUT2D eigenvalue weighted by Crippen LogP contribution is -2.49. The highest BCUT2D eigenvalue weighted by Crippen LogP contribution is 2.38. The van der Waals surface area contributed by atoms with Crippen LogP contribution in [0.3, 0.4) is 0 Å². The highest BCUT2D eigenvalue weighted by atomic mass is 19.1. The monoisotopic (exact) mass is 599 g/mol. The average molecular weight is 600 g/mol. The van der Waals surface area contributed by atoms with Gasteiger partial charge in [0.1, 0.15) is 17.1 Å². The van der Waals surface area contributed by atoms with Crippen molar-refractivity contribution in [3.8, 4) is 28.0 Å². The summed E-state index contributed by atoms with van der Waals surface area (Å²) >= 11 is 0. The molecule has 1 amide bonds. The van der Waals surface area contributed by atoms with Gasteiger partial charge in [0, 0.05) is 43.6 Å². The number of nitrogens with one attached hydrogen (secondary N) is 1. The summed E-state index contributed by atoms with van der Waals surface area (Å²) in [6, 6.07) is 17.6. The van der Waals surface area contributed by atoms with E-state index in [1.165, 1.54) is 30.0 Å². The summed E-state index contributed by atoms with van der Waals surface area (Å²) in [5.74, 6) is -1.86. The number of pyridine rings is 1. The van der Waals surface area contributed by atoms with Crippen molar-refractivity contribution < 1.29 is 28.9 Å². The number of benzene rings is 3. The lowest BCUT2D eigenvalue weighted by molar-refractivity contribution is -0.147. The number of nitrogens with zero attached hydrogens (tertiary/aromatic N) is 2. The standard InChI is InChI=1S/C34H34FN3O6/c1-20-24(22-15-29(35)28(31(16-22)44-3)19-37-17-23(18-37)34(42)43)7-4-8-25(20)26-9-5-11-30(21(26)2)36-32(40)27-10-6-12-38(13-14-39)33(27)41/h4-12,15-16,23,39H,13-14,17-19H2,1-3H3,(H,36,40)(H,42,43). The number of hydrogen-bond acceptors (Lipinski definition) is 6. The molecule has 0 radical (unpaired) electrons. The first-order chi connectivity index (χ1) is 21.1. The van der Waals surface area contributed by atoms with Gasteiger partial charge in [0.2, 0.25) is 0 Å². The number of anilines is 1. The molecule has 5 rings (SSSR count). The smallest absolute Gasteiger partial charge is 0.309 e. The Bertz CT molecular complexity index is 1790. The summed E-state index contributed by atoms with van der Waals surface area (Å²) in [6.07, 6.45) is 1.52. The molecule has 1 fully saturated rings. The molecule has 44 heavy (non-hydrogen) atoms. The van der Waals surface area contributed by atoms with Crippen molar-refractivity contribution in [2.75, 3.05) is 32.1 Å². The number of carboxylic acid groups (broad SMARTS) is 1. The van der Waals surface area contributed by atoms with E-state index in [0.717, 1.165) is 27.8 Å². The fourth-order valence-electron chi connectivity index (χ4n) is 5.67. The molecule has 3 aromatic carbocycles. The number of hydrogen-bond donors (Lipinski definition) is 3. The minimum Gasteiger partial charge on any atom is -0.496 e. The Labute approximate surface area is 254 Å². The number of aliphatic hydroxyl groups excluding tert-OH is 1. The molecule has 4 aromatic rings. The molecule has 3 N–H and O–H groups in total. The van der Waals surface area contributed by atoms with Gasteiger partial charge in [-0.25, -0.2) is 4.39 Å². The van der Waals surface area contributed by atoms with Crippen LogP contribution in [0.4, 0.5) is 10.1 Å². The molecule has 0 spiro atoms. The fourth-order valence-corrected chi connectivity index (χ4v) is 5.67. The van der Waals surface area contributed by atoms with E-state index in [0.29, 0.717) is 35.7 Å². The normalized spacial score (nSPS) is 13.4. The first kappa shape index (κ1) is 30.7. The number of ether oxygens (including phenoxy) is 1. The summed E-state index contributed by atoms with van der Waals surface area (Å²) in [4.78, 5) is 38.8. The first-order valence-corrected chi connectivity index (χ1v) is 14.3. The Kier molecular flexibility index (Phi) is 8.93. The molecule has 1 aliphatic heterocycles. The predicted octanol–water partition coefficient (Wildman–Crippen LogP) is 4.71. The number of amides is 1. The quantitative estimate of drug-likeness (QED) is 0.242. The zero-order chi connectivity index (χ0) is 31.5. The van der Waals surface area contributed by atoms with Gasteiger partial charge in [-0.2, -0.15) is 0 Å². The Morgan fingerprint density at radius 1 is 1.00 bits per heavy atom. The molecule has 0 unspecified atom stereocenters. The number of aromatic nitrogens is 1. The molecule has 1 saturated heterocycles. The van der Waals surface area contributed by atoms with Crippen LogP contribution in [0.5, 0.6) is 5.75 Å². The summed E-state index contributed by atoms with van der Waals surface area (Å²) in [7, 11) is 1.49. The second-order valence-corrected chi connectivity index (χ2v) is 10.9. The Balaban J connectivity index is 1.44. The van der Waals surface area contributed by atoms with Crippen molar-refractivity contribution in [3.05, 3.63) is 105 Å². The van der Waals surface area contributed by atoms with Crippen LogP contribution in [0.25, 0.3) is 22.3 Å². The van der Waals surface area contributed by atoms with E-state index in [2.05, 4.69) is 5.32 Å². The molecule has 1 aliphatic rings. The lowest BCUT2D eigenvalue weighted by Gasteiger charge is -2.36. The molecule has 0 aliphatic carbocycles. The number of aliphatic hydroxyl groups is 1. The molecule has 0 bridgehead atoms. The molecule has 9 nitrogen and oxygen atoms in total. The first-order valence-electron chi connectivity index (χ1n) is 14.3. The highest BCUT2D eigenvalue weighted by Gasteiger charge is 2.33. The Hall–Kier alpha value is -4.80. The maximum absolute atomic E-state index is 15.5. The van der Waals surface area contributed by atoms with Gasteiger partial charge in [-0.05, 0) is 77.6 Å².